The number of rotatable bonds is 6. The van der Waals surface area contributed by atoms with Crippen molar-refractivity contribution in [3.8, 4) is 0 Å². The third-order valence-electron chi connectivity index (χ3n) is 6.23. The van der Waals surface area contributed by atoms with E-state index in [1.54, 1.807) is 30.3 Å². The SMILES string of the molecule is Cc1ccccc1NC(=O)c1ccc(Cn2nc(N3CCN(c4ccc(F)cc4)CC3)ccc2=O)o1. The Morgan fingerprint density at radius 1 is 0.944 bits per heavy atom. The molecule has 1 amide bonds. The molecule has 4 aromatic rings. The van der Waals surface area contributed by atoms with Crippen molar-refractivity contribution < 1.29 is 13.6 Å². The van der Waals surface area contributed by atoms with E-state index in [1.165, 1.54) is 22.9 Å². The van der Waals surface area contributed by atoms with Crippen LogP contribution < -0.4 is 20.7 Å². The number of nitrogens with one attached hydrogen (secondary N) is 1. The minimum absolute atomic E-state index is 0.111. The zero-order chi connectivity index (χ0) is 25.1. The third-order valence-corrected chi connectivity index (χ3v) is 6.23. The lowest BCUT2D eigenvalue weighted by molar-refractivity contribution is 0.0994. The van der Waals surface area contributed by atoms with E-state index in [1.807, 2.05) is 31.2 Å². The number of para-hydroxylation sites is 1. The maximum Gasteiger partial charge on any atom is 0.291 e. The van der Waals surface area contributed by atoms with Gasteiger partial charge in [-0.25, -0.2) is 9.07 Å². The molecule has 184 valence electrons. The molecule has 2 aromatic heterocycles. The van der Waals surface area contributed by atoms with Gasteiger partial charge in [0, 0.05) is 43.6 Å². The molecule has 9 heteroatoms. The Hall–Kier alpha value is -4.40. The first-order chi connectivity index (χ1) is 17.5. The van der Waals surface area contributed by atoms with Crippen LogP contribution >= 0.6 is 0 Å². The van der Waals surface area contributed by atoms with Gasteiger partial charge in [0.15, 0.2) is 5.76 Å². The molecule has 5 rings (SSSR count). The summed E-state index contributed by atoms with van der Waals surface area (Å²) in [6, 6.07) is 20.5. The summed E-state index contributed by atoms with van der Waals surface area (Å²) in [5.74, 6) is 0.702. The molecule has 0 atom stereocenters. The zero-order valence-corrected chi connectivity index (χ0v) is 19.9. The second-order valence-electron chi connectivity index (χ2n) is 8.67. The van der Waals surface area contributed by atoms with Crippen molar-refractivity contribution >= 4 is 23.1 Å². The second kappa shape index (κ2) is 10.1. The average Bonchev–Trinajstić information content (AvgIpc) is 3.36. The van der Waals surface area contributed by atoms with E-state index in [2.05, 4.69) is 20.2 Å². The van der Waals surface area contributed by atoms with Crippen LogP contribution in [0.3, 0.4) is 0 Å². The number of halogens is 1. The number of aromatic nitrogens is 2. The number of anilines is 3. The molecule has 0 saturated carbocycles. The van der Waals surface area contributed by atoms with Crippen LogP contribution in [0, 0.1) is 12.7 Å². The smallest absolute Gasteiger partial charge is 0.291 e. The average molecular weight is 488 g/mol. The van der Waals surface area contributed by atoms with Crippen LogP contribution in [0.15, 0.2) is 82.0 Å². The predicted octanol–water partition coefficient (Wildman–Crippen LogP) is 3.91. The molecule has 36 heavy (non-hydrogen) atoms. The molecule has 3 heterocycles. The molecule has 0 unspecified atom stereocenters. The highest BCUT2D eigenvalue weighted by Crippen LogP contribution is 2.20. The van der Waals surface area contributed by atoms with Crippen molar-refractivity contribution in [3.05, 3.63) is 106 Å². The predicted molar refractivity (Wildman–Crippen MR) is 136 cm³/mol. The number of benzene rings is 2. The third kappa shape index (κ3) is 5.14. The summed E-state index contributed by atoms with van der Waals surface area (Å²) >= 11 is 0. The van der Waals surface area contributed by atoms with Crippen LogP contribution in [-0.2, 0) is 6.54 Å². The first-order valence-corrected chi connectivity index (χ1v) is 11.8. The van der Waals surface area contributed by atoms with Gasteiger partial charge in [0.05, 0.1) is 0 Å². The summed E-state index contributed by atoms with van der Waals surface area (Å²) in [6.07, 6.45) is 0. The largest absolute Gasteiger partial charge is 0.454 e. The fraction of sp³-hybridized carbons (Fsp3) is 0.222. The first kappa shape index (κ1) is 23.3. The number of aryl methyl sites for hydroxylation is 1. The Kier molecular flexibility index (Phi) is 6.53. The Labute approximate surface area is 207 Å². The van der Waals surface area contributed by atoms with E-state index in [0.29, 0.717) is 30.4 Å². The second-order valence-corrected chi connectivity index (χ2v) is 8.67. The fourth-order valence-electron chi connectivity index (χ4n) is 4.20. The van der Waals surface area contributed by atoms with Crippen LogP contribution in [0.4, 0.5) is 21.6 Å². The normalized spacial score (nSPS) is 13.6. The monoisotopic (exact) mass is 487 g/mol. The molecule has 1 N–H and O–H groups in total. The number of furan rings is 1. The van der Waals surface area contributed by atoms with Gasteiger partial charge in [-0.3, -0.25) is 9.59 Å². The van der Waals surface area contributed by atoms with Crippen molar-refractivity contribution in [2.24, 2.45) is 0 Å². The minimum atomic E-state index is -0.358. The van der Waals surface area contributed by atoms with Gasteiger partial charge in [0.2, 0.25) is 0 Å². The fourth-order valence-corrected chi connectivity index (χ4v) is 4.20. The van der Waals surface area contributed by atoms with E-state index >= 15 is 0 Å². The van der Waals surface area contributed by atoms with Gasteiger partial charge in [-0.05, 0) is 61.0 Å². The number of carbonyl (C=O) groups excluding carboxylic acids is 1. The molecule has 1 fully saturated rings. The van der Waals surface area contributed by atoms with Crippen LogP contribution in [0.1, 0.15) is 21.9 Å². The Bertz CT molecular complexity index is 1420. The first-order valence-electron chi connectivity index (χ1n) is 11.8. The molecule has 2 aromatic carbocycles. The molecular weight excluding hydrogens is 461 g/mol. The van der Waals surface area contributed by atoms with E-state index in [9.17, 15) is 14.0 Å². The summed E-state index contributed by atoms with van der Waals surface area (Å²) in [7, 11) is 0. The van der Waals surface area contributed by atoms with Crippen LogP contribution in [0.25, 0.3) is 0 Å². The van der Waals surface area contributed by atoms with E-state index < -0.39 is 0 Å². The van der Waals surface area contributed by atoms with Crippen molar-refractivity contribution in [1.82, 2.24) is 9.78 Å². The van der Waals surface area contributed by atoms with Crippen molar-refractivity contribution in [1.29, 1.82) is 0 Å². The zero-order valence-electron chi connectivity index (χ0n) is 19.9. The lowest BCUT2D eigenvalue weighted by Gasteiger charge is -2.36. The highest BCUT2D eigenvalue weighted by atomic mass is 19.1. The number of nitrogens with zero attached hydrogens (tertiary/aromatic N) is 4. The van der Waals surface area contributed by atoms with Gasteiger partial charge in [-0.15, -0.1) is 0 Å². The van der Waals surface area contributed by atoms with Crippen LogP contribution in [-0.4, -0.2) is 41.9 Å². The number of amides is 1. The van der Waals surface area contributed by atoms with Crippen LogP contribution in [0.2, 0.25) is 0 Å². The van der Waals surface area contributed by atoms with Crippen molar-refractivity contribution in [3.63, 3.8) is 0 Å². The Morgan fingerprint density at radius 3 is 2.42 bits per heavy atom. The topological polar surface area (TPSA) is 83.6 Å². The lowest BCUT2D eigenvalue weighted by atomic mass is 10.2. The van der Waals surface area contributed by atoms with Gasteiger partial charge >= 0.3 is 0 Å². The highest BCUT2D eigenvalue weighted by Gasteiger charge is 2.20. The number of piperazine rings is 1. The maximum atomic E-state index is 13.2. The molecule has 0 bridgehead atoms. The maximum absolute atomic E-state index is 13.2. The number of hydrogen-bond acceptors (Lipinski definition) is 6. The molecule has 1 aliphatic heterocycles. The Balaban J connectivity index is 1.24. The van der Waals surface area contributed by atoms with Gasteiger partial charge in [0.1, 0.15) is 23.9 Å². The number of hydrogen-bond donors (Lipinski definition) is 1. The molecule has 0 spiro atoms. The standard InChI is InChI=1S/C27H26FN5O3/c1-19-4-2-3-5-23(19)29-27(35)24-11-10-22(36-24)18-33-26(34)13-12-25(30-33)32-16-14-31(15-17-32)21-8-6-20(28)7-9-21/h2-13H,14-18H2,1H3,(H,29,35). The summed E-state index contributed by atoms with van der Waals surface area (Å²) in [4.78, 5) is 29.4. The molecule has 0 radical (unpaired) electrons. The molecule has 1 saturated heterocycles. The lowest BCUT2D eigenvalue weighted by Crippen LogP contribution is -2.47. The van der Waals surface area contributed by atoms with E-state index in [-0.39, 0.29) is 29.6 Å². The van der Waals surface area contributed by atoms with Crippen LogP contribution in [0.5, 0.6) is 0 Å². The number of carbonyl (C=O) groups is 1. The molecule has 0 aliphatic carbocycles. The quantitative estimate of drug-likeness (QED) is 0.444. The highest BCUT2D eigenvalue weighted by molar-refractivity contribution is 6.02. The molecule has 1 aliphatic rings. The van der Waals surface area contributed by atoms with Gasteiger partial charge < -0.3 is 19.5 Å². The summed E-state index contributed by atoms with van der Waals surface area (Å²) < 4.78 is 20.3. The van der Waals surface area contributed by atoms with Gasteiger partial charge in [-0.2, -0.15) is 5.10 Å². The minimum Gasteiger partial charge on any atom is -0.454 e. The van der Waals surface area contributed by atoms with E-state index in [4.69, 9.17) is 4.42 Å². The van der Waals surface area contributed by atoms with Gasteiger partial charge in [-0.1, -0.05) is 18.2 Å². The summed E-state index contributed by atoms with van der Waals surface area (Å²) in [6.45, 7) is 4.96. The van der Waals surface area contributed by atoms with Crippen molar-refractivity contribution in [2.45, 2.75) is 13.5 Å². The summed E-state index contributed by atoms with van der Waals surface area (Å²) in [5.41, 5.74) is 2.38. The molecular formula is C27H26FN5O3. The van der Waals surface area contributed by atoms with E-state index in [0.717, 1.165) is 24.3 Å². The molecule has 8 nitrogen and oxygen atoms in total. The van der Waals surface area contributed by atoms with Gasteiger partial charge in [0.25, 0.3) is 11.5 Å². The summed E-state index contributed by atoms with van der Waals surface area (Å²) in [5, 5.41) is 7.37. The Morgan fingerprint density at radius 2 is 1.67 bits per heavy atom. The van der Waals surface area contributed by atoms with Crippen molar-refractivity contribution in [2.75, 3.05) is 41.3 Å².